The molecule has 0 saturated carbocycles. The fraction of sp³-hybridized carbons (Fsp3) is 0.667. The molecule has 4 amide bonds. The summed E-state index contributed by atoms with van der Waals surface area (Å²) < 4.78 is 0. The maximum atomic E-state index is 11.8. The van der Waals surface area contributed by atoms with Gasteiger partial charge in [0.05, 0.1) is 13.1 Å². The molecule has 0 spiro atoms. The molecule has 0 aliphatic rings. The number of amides is 4. The number of hydrogen-bond acceptors (Lipinski definition) is 5. The molecule has 0 fully saturated rings. The van der Waals surface area contributed by atoms with Gasteiger partial charge < -0.3 is 26.4 Å². The zero-order chi connectivity index (χ0) is 19.8. The molecule has 25 heavy (non-hydrogen) atoms. The lowest BCUT2D eigenvalue weighted by atomic mass is 10.3. The molecule has 0 unspecified atom stereocenters. The zero-order valence-electron chi connectivity index (χ0n) is 15.0. The molecule has 5 N–H and O–H groups in total. The SMILES string of the molecule is CCC(N)=O.CCCCN(CC(=O)NCC(=O)O)C(=O)CNC(C)=O. The number of carbonyl (C=O) groups is 5. The van der Waals surface area contributed by atoms with Gasteiger partial charge in [-0.15, -0.1) is 0 Å². The average molecular weight is 360 g/mol. The second kappa shape index (κ2) is 14.9. The molecule has 10 nitrogen and oxygen atoms in total. The van der Waals surface area contributed by atoms with Gasteiger partial charge in [0.25, 0.3) is 0 Å². The van der Waals surface area contributed by atoms with Crippen LogP contribution in [0.1, 0.15) is 40.0 Å². The van der Waals surface area contributed by atoms with Crippen molar-refractivity contribution in [3.8, 4) is 0 Å². The van der Waals surface area contributed by atoms with Crippen LogP contribution in [0.3, 0.4) is 0 Å². The Morgan fingerprint density at radius 3 is 2.00 bits per heavy atom. The normalized spacial score (nSPS) is 9.24. The van der Waals surface area contributed by atoms with Crippen LogP contribution in [0.25, 0.3) is 0 Å². The van der Waals surface area contributed by atoms with E-state index in [0.717, 1.165) is 12.8 Å². The first kappa shape index (κ1) is 24.6. The summed E-state index contributed by atoms with van der Waals surface area (Å²) in [6.07, 6.45) is 2.01. The van der Waals surface area contributed by atoms with Crippen molar-refractivity contribution in [1.29, 1.82) is 0 Å². The van der Waals surface area contributed by atoms with Crippen LogP contribution in [0.5, 0.6) is 0 Å². The highest BCUT2D eigenvalue weighted by molar-refractivity contribution is 5.88. The molecular formula is C15H28N4O6. The maximum absolute atomic E-state index is 11.8. The van der Waals surface area contributed by atoms with Crippen LogP contribution < -0.4 is 16.4 Å². The van der Waals surface area contributed by atoms with Gasteiger partial charge in [-0.05, 0) is 6.42 Å². The van der Waals surface area contributed by atoms with Crippen molar-refractivity contribution >= 4 is 29.6 Å². The molecular weight excluding hydrogens is 332 g/mol. The van der Waals surface area contributed by atoms with Crippen LogP contribution in [0.2, 0.25) is 0 Å². The van der Waals surface area contributed by atoms with Crippen molar-refractivity contribution in [2.75, 3.05) is 26.2 Å². The Balaban J connectivity index is 0. The zero-order valence-corrected chi connectivity index (χ0v) is 15.0. The second-order valence-corrected chi connectivity index (χ2v) is 5.07. The van der Waals surface area contributed by atoms with Gasteiger partial charge >= 0.3 is 5.97 Å². The number of primary amides is 1. The third-order valence-electron chi connectivity index (χ3n) is 2.74. The summed E-state index contributed by atoms with van der Waals surface area (Å²) in [6.45, 7) is 4.47. The summed E-state index contributed by atoms with van der Waals surface area (Å²) >= 11 is 0. The lowest BCUT2D eigenvalue weighted by Crippen LogP contribution is -2.46. The van der Waals surface area contributed by atoms with Crippen LogP contribution in [-0.4, -0.2) is 65.8 Å². The maximum Gasteiger partial charge on any atom is 0.322 e. The third-order valence-corrected chi connectivity index (χ3v) is 2.74. The smallest absolute Gasteiger partial charge is 0.322 e. The Morgan fingerprint density at radius 2 is 1.60 bits per heavy atom. The van der Waals surface area contributed by atoms with Crippen molar-refractivity contribution in [2.24, 2.45) is 5.73 Å². The summed E-state index contributed by atoms with van der Waals surface area (Å²) in [6, 6.07) is 0. The Hall–Kier alpha value is -2.65. The van der Waals surface area contributed by atoms with E-state index in [0.29, 0.717) is 13.0 Å². The Kier molecular flexibility index (Phi) is 14.7. The highest BCUT2D eigenvalue weighted by atomic mass is 16.4. The Bertz CT molecular complexity index is 467. The standard InChI is InChI=1S/C12H21N3O5.C3H7NO/c1-3-4-5-15(11(18)6-13-9(2)16)8-10(17)14-7-12(19)20;1-2-3(4)5/h3-8H2,1-2H3,(H,13,16)(H,14,17)(H,19,20);2H2,1H3,(H2,4,5). The molecule has 0 radical (unpaired) electrons. The minimum absolute atomic E-state index is 0.175. The lowest BCUT2D eigenvalue weighted by Gasteiger charge is -2.22. The number of unbranched alkanes of at least 4 members (excludes halogenated alkanes) is 1. The molecule has 0 saturated heterocycles. The van der Waals surface area contributed by atoms with Gasteiger partial charge in [-0.25, -0.2) is 0 Å². The van der Waals surface area contributed by atoms with E-state index in [1.807, 2.05) is 6.92 Å². The van der Waals surface area contributed by atoms with E-state index >= 15 is 0 Å². The summed E-state index contributed by atoms with van der Waals surface area (Å²) in [7, 11) is 0. The van der Waals surface area contributed by atoms with Gasteiger partial charge in [0, 0.05) is 19.9 Å². The van der Waals surface area contributed by atoms with Crippen LogP contribution >= 0.6 is 0 Å². The van der Waals surface area contributed by atoms with Gasteiger partial charge in [-0.2, -0.15) is 0 Å². The van der Waals surface area contributed by atoms with Crippen molar-refractivity contribution in [2.45, 2.75) is 40.0 Å². The van der Waals surface area contributed by atoms with E-state index < -0.39 is 18.4 Å². The molecule has 0 atom stereocenters. The number of nitrogens with zero attached hydrogens (tertiary/aromatic N) is 1. The largest absolute Gasteiger partial charge is 0.480 e. The molecule has 0 heterocycles. The average Bonchev–Trinajstić information content (AvgIpc) is 2.54. The van der Waals surface area contributed by atoms with E-state index in [1.54, 1.807) is 6.92 Å². The molecule has 0 aliphatic carbocycles. The van der Waals surface area contributed by atoms with E-state index in [4.69, 9.17) is 5.11 Å². The fourth-order valence-corrected chi connectivity index (χ4v) is 1.36. The third kappa shape index (κ3) is 17.5. The van der Waals surface area contributed by atoms with Crippen LogP contribution in [0.15, 0.2) is 0 Å². The van der Waals surface area contributed by atoms with E-state index in [-0.39, 0.29) is 30.8 Å². The van der Waals surface area contributed by atoms with Crippen molar-refractivity contribution in [1.82, 2.24) is 15.5 Å². The van der Waals surface area contributed by atoms with Gasteiger partial charge in [0.2, 0.25) is 23.6 Å². The number of carbonyl (C=O) groups excluding carboxylic acids is 4. The van der Waals surface area contributed by atoms with Crippen LogP contribution in [0.4, 0.5) is 0 Å². The molecule has 0 aromatic rings. The van der Waals surface area contributed by atoms with Crippen LogP contribution in [0, 0.1) is 0 Å². The second-order valence-electron chi connectivity index (χ2n) is 5.07. The minimum atomic E-state index is -1.15. The Morgan fingerprint density at radius 1 is 1.04 bits per heavy atom. The molecule has 144 valence electrons. The first-order chi connectivity index (χ1) is 11.6. The quantitative estimate of drug-likeness (QED) is 0.384. The van der Waals surface area contributed by atoms with E-state index in [1.165, 1.54) is 11.8 Å². The summed E-state index contributed by atoms with van der Waals surface area (Å²) in [4.78, 5) is 55.3. The summed E-state index contributed by atoms with van der Waals surface area (Å²) in [5.41, 5.74) is 4.65. The van der Waals surface area contributed by atoms with E-state index in [2.05, 4.69) is 16.4 Å². The molecule has 10 heteroatoms. The number of carboxylic acid groups (broad SMARTS) is 1. The summed E-state index contributed by atoms with van der Waals surface area (Å²) in [5.74, 6) is -2.64. The number of nitrogens with two attached hydrogens (primary N) is 1. The molecule has 0 aromatic carbocycles. The van der Waals surface area contributed by atoms with Gasteiger partial charge in [-0.3, -0.25) is 24.0 Å². The summed E-state index contributed by atoms with van der Waals surface area (Å²) in [5, 5.41) is 13.0. The predicted octanol–water partition coefficient (Wildman–Crippen LogP) is -1.17. The topological polar surface area (TPSA) is 159 Å². The fourth-order valence-electron chi connectivity index (χ4n) is 1.36. The first-order valence-corrected chi connectivity index (χ1v) is 7.92. The predicted molar refractivity (Wildman–Crippen MR) is 90.3 cm³/mol. The van der Waals surface area contributed by atoms with Crippen molar-refractivity contribution in [3.05, 3.63) is 0 Å². The van der Waals surface area contributed by atoms with E-state index in [9.17, 15) is 24.0 Å². The monoisotopic (exact) mass is 360 g/mol. The molecule has 0 rings (SSSR count). The van der Waals surface area contributed by atoms with Crippen molar-refractivity contribution in [3.63, 3.8) is 0 Å². The highest BCUT2D eigenvalue weighted by Gasteiger charge is 2.17. The number of carboxylic acids is 1. The number of hydrogen-bond donors (Lipinski definition) is 4. The van der Waals surface area contributed by atoms with Gasteiger partial charge in [0.15, 0.2) is 0 Å². The number of nitrogens with one attached hydrogen (secondary N) is 2. The first-order valence-electron chi connectivity index (χ1n) is 7.92. The number of rotatable bonds is 10. The van der Waals surface area contributed by atoms with Gasteiger partial charge in [0.1, 0.15) is 6.54 Å². The molecule has 0 bridgehead atoms. The van der Waals surface area contributed by atoms with Crippen LogP contribution in [-0.2, 0) is 24.0 Å². The highest BCUT2D eigenvalue weighted by Crippen LogP contribution is 1.96. The Labute approximate surface area is 147 Å². The minimum Gasteiger partial charge on any atom is -0.480 e. The number of aliphatic carboxylic acids is 1. The molecule has 0 aromatic heterocycles. The molecule has 0 aliphatic heterocycles. The van der Waals surface area contributed by atoms with Gasteiger partial charge in [-0.1, -0.05) is 20.3 Å². The lowest BCUT2D eigenvalue weighted by molar-refractivity contribution is -0.139. The van der Waals surface area contributed by atoms with Crippen molar-refractivity contribution < 1.29 is 29.1 Å².